The average Bonchev–Trinajstić information content (AvgIpc) is 2.64. The van der Waals surface area contributed by atoms with Gasteiger partial charge in [0.15, 0.2) is 0 Å². The first-order valence-corrected chi connectivity index (χ1v) is 8.30. The van der Waals surface area contributed by atoms with Crippen molar-refractivity contribution in [3.05, 3.63) is 72.3 Å². The first-order chi connectivity index (χ1) is 11.8. The van der Waals surface area contributed by atoms with Crippen LogP contribution >= 0.6 is 0 Å². The van der Waals surface area contributed by atoms with E-state index in [0.717, 1.165) is 35.1 Å². The number of anilines is 1. The van der Waals surface area contributed by atoms with Gasteiger partial charge < -0.3 is 10.1 Å². The molecule has 0 aliphatic rings. The maximum absolute atomic E-state index is 12.4. The highest BCUT2D eigenvalue weighted by atomic mass is 16.5. The van der Waals surface area contributed by atoms with E-state index in [1.165, 1.54) is 0 Å². The molecule has 0 unspecified atom stereocenters. The van der Waals surface area contributed by atoms with Crippen molar-refractivity contribution >= 4 is 22.4 Å². The molecular formula is C21H21NO2. The number of fused-ring (bicyclic) bond motifs is 1. The third-order valence-corrected chi connectivity index (χ3v) is 3.92. The Morgan fingerprint density at radius 2 is 1.62 bits per heavy atom. The Kier molecular flexibility index (Phi) is 5.12. The lowest BCUT2D eigenvalue weighted by Gasteiger charge is -2.13. The summed E-state index contributed by atoms with van der Waals surface area (Å²) >= 11 is 0. The molecule has 0 aliphatic carbocycles. The van der Waals surface area contributed by atoms with E-state index in [9.17, 15) is 4.79 Å². The highest BCUT2D eigenvalue weighted by Gasteiger charge is 2.10. The molecule has 3 heteroatoms. The van der Waals surface area contributed by atoms with Crippen molar-refractivity contribution in [2.45, 2.75) is 19.8 Å². The maximum Gasteiger partial charge on any atom is 0.255 e. The number of hydrogen-bond acceptors (Lipinski definition) is 2. The molecule has 0 bridgehead atoms. The first kappa shape index (κ1) is 16.1. The molecule has 122 valence electrons. The van der Waals surface area contributed by atoms with Crippen LogP contribution in [-0.2, 0) is 0 Å². The van der Waals surface area contributed by atoms with Gasteiger partial charge in [0.25, 0.3) is 5.91 Å². The smallest absolute Gasteiger partial charge is 0.255 e. The number of hydrogen-bond donors (Lipinski definition) is 1. The van der Waals surface area contributed by atoms with Gasteiger partial charge in [-0.2, -0.15) is 0 Å². The zero-order chi connectivity index (χ0) is 16.8. The monoisotopic (exact) mass is 319 g/mol. The number of amides is 1. The summed E-state index contributed by atoms with van der Waals surface area (Å²) in [5.74, 6) is 0.747. The van der Waals surface area contributed by atoms with Gasteiger partial charge in [-0.15, -0.1) is 0 Å². The Balaban J connectivity index is 1.89. The molecule has 0 fully saturated rings. The summed E-state index contributed by atoms with van der Waals surface area (Å²) in [6.07, 6.45) is 2.13. The van der Waals surface area contributed by atoms with E-state index >= 15 is 0 Å². The number of nitrogens with one attached hydrogen (secondary N) is 1. The van der Waals surface area contributed by atoms with E-state index in [1.807, 2.05) is 54.6 Å². The van der Waals surface area contributed by atoms with Crippen LogP contribution < -0.4 is 10.1 Å². The third-order valence-electron chi connectivity index (χ3n) is 3.92. The number of benzene rings is 3. The summed E-state index contributed by atoms with van der Waals surface area (Å²) in [7, 11) is 0. The van der Waals surface area contributed by atoms with Gasteiger partial charge >= 0.3 is 0 Å². The van der Waals surface area contributed by atoms with Gasteiger partial charge in [-0.3, -0.25) is 4.79 Å². The van der Waals surface area contributed by atoms with E-state index in [-0.39, 0.29) is 5.91 Å². The minimum absolute atomic E-state index is 0.111. The summed E-state index contributed by atoms with van der Waals surface area (Å²) in [4.78, 5) is 12.4. The number of unbranched alkanes of at least 4 members (excludes halogenated alkanes) is 1. The minimum Gasteiger partial charge on any atom is -0.493 e. The fourth-order valence-electron chi connectivity index (χ4n) is 2.62. The first-order valence-electron chi connectivity index (χ1n) is 8.30. The van der Waals surface area contributed by atoms with Crippen LogP contribution in [0.25, 0.3) is 10.8 Å². The maximum atomic E-state index is 12.4. The van der Waals surface area contributed by atoms with Gasteiger partial charge in [-0.25, -0.2) is 0 Å². The SMILES string of the molecule is CCCCOc1ccc(NC(=O)c2ccccc2)c2ccccc12. The second-order valence-corrected chi connectivity index (χ2v) is 5.68. The molecule has 0 saturated carbocycles. The summed E-state index contributed by atoms with van der Waals surface area (Å²) in [5.41, 5.74) is 1.44. The van der Waals surface area contributed by atoms with E-state index in [0.29, 0.717) is 12.2 Å². The molecule has 0 radical (unpaired) electrons. The highest BCUT2D eigenvalue weighted by molar-refractivity contribution is 6.10. The molecule has 1 N–H and O–H groups in total. The van der Waals surface area contributed by atoms with Crippen molar-refractivity contribution < 1.29 is 9.53 Å². The fraction of sp³-hybridized carbons (Fsp3) is 0.190. The van der Waals surface area contributed by atoms with Crippen molar-refractivity contribution in [2.75, 3.05) is 11.9 Å². The van der Waals surface area contributed by atoms with Gasteiger partial charge in [-0.05, 0) is 30.7 Å². The molecule has 0 saturated heterocycles. The molecule has 3 rings (SSSR count). The normalized spacial score (nSPS) is 10.5. The number of carbonyl (C=O) groups is 1. The van der Waals surface area contributed by atoms with E-state index < -0.39 is 0 Å². The zero-order valence-corrected chi connectivity index (χ0v) is 13.8. The average molecular weight is 319 g/mol. The van der Waals surface area contributed by atoms with Crippen LogP contribution in [0.2, 0.25) is 0 Å². The van der Waals surface area contributed by atoms with Crippen LogP contribution in [0.4, 0.5) is 5.69 Å². The summed E-state index contributed by atoms with van der Waals surface area (Å²) < 4.78 is 5.89. The van der Waals surface area contributed by atoms with Crippen molar-refractivity contribution in [1.29, 1.82) is 0 Å². The van der Waals surface area contributed by atoms with Crippen molar-refractivity contribution in [3.63, 3.8) is 0 Å². The third kappa shape index (κ3) is 3.57. The van der Waals surface area contributed by atoms with Gasteiger partial charge in [0.1, 0.15) is 5.75 Å². The molecule has 0 heterocycles. The zero-order valence-electron chi connectivity index (χ0n) is 13.8. The van der Waals surface area contributed by atoms with Crippen molar-refractivity contribution in [3.8, 4) is 5.75 Å². The molecule has 1 amide bonds. The molecule has 0 aliphatic heterocycles. The molecule has 0 spiro atoms. The van der Waals surface area contributed by atoms with Crippen molar-refractivity contribution in [2.24, 2.45) is 0 Å². The van der Waals surface area contributed by atoms with Crippen LogP contribution in [0.3, 0.4) is 0 Å². The van der Waals surface area contributed by atoms with Gasteiger partial charge in [0.05, 0.1) is 6.61 Å². The Bertz CT molecular complexity index is 828. The van der Waals surface area contributed by atoms with Crippen LogP contribution in [-0.4, -0.2) is 12.5 Å². The summed E-state index contributed by atoms with van der Waals surface area (Å²) in [6.45, 7) is 2.85. The van der Waals surface area contributed by atoms with Gasteiger partial charge in [0, 0.05) is 22.0 Å². The predicted molar refractivity (Wildman–Crippen MR) is 98.7 cm³/mol. The quantitative estimate of drug-likeness (QED) is 0.628. The number of rotatable bonds is 6. The summed E-state index contributed by atoms with van der Waals surface area (Å²) in [5, 5.41) is 5.00. The van der Waals surface area contributed by atoms with Gasteiger partial charge in [0.2, 0.25) is 0 Å². The lowest BCUT2D eigenvalue weighted by atomic mass is 10.1. The lowest BCUT2D eigenvalue weighted by Crippen LogP contribution is -2.12. The summed E-state index contributed by atoms with van der Waals surface area (Å²) in [6, 6.07) is 21.0. The molecule has 3 aromatic carbocycles. The van der Waals surface area contributed by atoms with Crippen LogP contribution in [0.15, 0.2) is 66.7 Å². The fourth-order valence-corrected chi connectivity index (χ4v) is 2.62. The van der Waals surface area contributed by atoms with Crippen molar-refractivity contribution in [1.82, 2.24) is 0 Å². The van der Waals surface area contributed by atoms with Crippen LogP contribution in [0, 0.1) is 0 Å². The van der Waals surface area contributed by atoms with E-state index in [4.69, 9.17) is 4.74 Å². The van der Waals surface area contributed by atoms with Crippen LogP contribution in [0.5, 0.6) is 5.75 Å². The second-order valence-electron chi connectivity index (χ2n) is 5.68. The number of ether oxygens (including phenoxy) is 1. The van der Waals surface area contributed by atoms with E-state index in [1.54, 1.807) is 12.1 Å². The van der Waals surface area contributed by atoms with Gasteiger partial charge in [-0.1, -0.05) is 55.8 Å². The molecule has 0 aromatic heterocycles. The van der Waals surface area contributed by atoms with Crippen LogP contribution in [0.1, 0.15) is 30.1 Å². The molecule has 24 heavy (non-hydrogen) atoms. The largest absolute Gasteiger partial charge is 0.493 e. The highest BCUT2D eigenvalue weighted by Crippen LogP contribution is 2.32. The molecule has 3 nitrogen and oxygen atoms in total. The predicted octanol–water partition coefficient (Wildman–Crippen LogP) is 5.27. The topological polar surface area (TPSA) is 38.3 Å². The number of carbonyl (C=O) groups excluding carboxylic acids is 1. The molecule has 3 aromatic rings. The minimum atomic E-state index is -0.111. The van der Waals surface area contributed by atoms with E-state index in [2.05, 4.69) is 12.2 Å². The Morgan fingerprint density at radius 3 is 2.38 bits per heavy atom. The Labute approximate surface area is 142 Å². The molecular weight excluding hydrogens is 298 g/mol. The Hall–Kier alpha value is -2.81. The standard InChI is InChI=1S/C21H21NO2/c1-2-3-15-24-20-14-13-19(17-11-7-8-12-18(17)20)22-21(23)16-9-5-4-6-10-16/h4-14H,2-3,15H2,1H3,(H,22,23). The molecule has 0 atom stereocenters. The lowest BCUT2D eigenvalue weighted by molar-refractivity contribution is 0.102. The Morgan fingerprint density at radius 1 is 0.917 bits per heavy atom. The second kappa shape index (κ2) is 7.64.